The minimum atomic E-state index is 0.764. The van der Waals surface area contributed by atoms with E-state index in [4.69, 9.17) is 5.73 Å². The van der Waals surface area contributed by atoms with Crippen LogP contribution in [0.5, 0.6) is 0 Å². The van der Waals surface area contributed by atoms with Gasteiger partial charge in [-0.25, -0.2) is 4.98 Å². The smallest absolute Gasteiger partial charge is 0.107 e. The number of fused-ring (bicyclic) bond motifs is 1. The minimum Gasteiger partial charge on any atom is -0.342 e. The normalized spacial score (nSPS) is 11.1. The highest BCUT2D eigenvalue weighted by atomic mass is 14.9. The number of imidazole rings is 1. The Labute approximate surface area is 96.1 Å². The lowest BCUT2D eigenvalue weighted by molar-refractivity contribution is 0.724. The number of benzene rings is 1. The number of rotatable bonds is 5. The van der Waals surface area contributed by atoms with Crippen molar-refractivity contribution in [1.29, 1.82) is 0 Å². The number of hydrogen-bond donors (Lipinski definition) is 2. The molecule has 0 aliphatic heterocycles. The molecule has 0 aliphatic carbocycles. The predicted molar refractivity (Wildman–Crippen MR) is 67.5 cm³/mol. The van der Waals surface area contributed by atoms with E-state index in [1.54, 1.807) is 0 Å². The molecular weight excluding hydrogens is 198 g/mol. The number of aromatic amines is 1. The fourth-order valence-electron chi connectivity index (χ4n) is 1.88. The summed E-state index contributed by atoms with van der Waals surface area (Å²) in [6.45, 7) is 2.93. The van der Waals surface area contributed by atoms with E-state index < -0.39 is 0 Å². The average Bonchev–Trinajstić information content (AvgIpc) is 2.70. The van der Waals surface area contributed by atoms with E-state index in [9.17, 15) is 0 Å². The summed E-state index contributed by atoms with van der Waals surface area (Å²) in [5.74, 6) is 1.08. The molecule has 86 valence electrons. The molecule has 0 fully saturated rings. The van der Waals surface area contributed by atoms with E-state index in [1.165, 1.54) is 5.56 Å². The van der Waals surface area contributed by atoms with Crippen LogP contribution in [0.25, 0.3) is 11.0 Å². The molecule has 0 atom stereocenters. The van der Waals surface area contributed by atoms with E-state index in [0.717, 1.165) is 49.1 Å². The first-order valence-electron chi connectivity index (χ1n) is 6.01. The van der Waals surface area contributed by atoms with Gasteiger partial charge in [0.15, 0.2) is 0 Å². The minimum absolute atomic E-state index is 0.764. The van der Waals surface area contributed by atoms with Gasteiger partial charge in [-0.05, 0) is 43.5 Å². The van der Waals surface area contributed by atoms with Gasteiger partial charge in [-0.2, -0.15) is 0 Å². The molecule has 2 aromatic rings. The lowest BCUT2D eigenvalue weighted by Gasteiger charge is -1.94. The Morgan fingerprint density at radius 2 is 2.19 bits per heavy atom. The summed E-state index contributed by atoms with van der Waals surface area (Å²) in [5, 5.41) is 0. The molecule has 1 aromatic heterocycles. The third-order valence-electron chi connectivity index (χ3n) is 2.87. The SMILES string of the molecule is CCc1ccc2nc(CCCCN)[nH]c2c1. The summed E-state index contributed by atoms with van der Waals surface area (Å²) in [5.41, 5.74) is 9.05. The molecule has 0 radical (unpaired) electrons. The van der Waals surface area contributed by atoms with Crippen LogP contribution in [-0.4, -0.2) is 16.5 Å². The topological polar surface area (TPSA) is 54.7 Å². The first-order valence-corrected chi connectivity index (χ1v) is 6.01. The second-order valence-corrected chi connectivity index (χ2v) is 4.13. The number of nitrogens with zero attached hydrogens (tertiary/aromatic N) is 1. The molecular formula is C13H19N3. The molecule has 0 saturated heterocycles. The maximum Gasteiger partial charge on any atom is 0.107 e. The maximum atomic E-state index is 5.48. The van der Waals surface area contributed by atoms with Gasteiger partial charge in [0.1, 0.15) is 5.82 Å². The second-order valence-electron chi connectivity index (χ2n) is 4.13. The van der Waals surface area contributed by atoms with E-state index in [-0.39, 0.29) is 0 Å². The van der Waals surface area contributed by atoms with Gasteiger partial charge in [0, 0.05) is 6.42 Å². The van der Waals surface area contributed by atoms with Gasteiger partial charge in [0.05, 0.1) is 11.0 Å². The number of aromatic nitrogens is 2. The Hall–Kier alpha value is -1.35. The molecule has 0 bridgehead atoms. The molecule has 0 unspecified atom stereocenters. The van der Waals surface area contributed by atoms with Crippen molar-refractivity contribution in [3.05, 3.63) is 29.6 Å². The fraction of sp³-hybridized carbons (Fsp3) is 0.462. The summed E-state index contributed by atoms with van der Waals surface area (Å²) < 4.78 is 0. The molecule has 0 saturated carbocycles. The lowest BCUT2D eigenvalue weighted by atomic mass is 10.1. The molecule has 3 nitrogen and oxygen atoms in total. The summed E-state index contributed by atoms with van der Waals surface area (Å²) in [7, 11) is 0. The highest BCUT2D eigenvalue weighted by Crippen LogP contribution is 2.15. The highest BCUT2D eigenvalue weighted by Gasteiger charge is 2.02. The zero-order chi connectivity index (χ0) is 11.4. The molecule has 3 N–H and O–H groups in total. The predicted octanol–water partition coefficient (Wildman–Crippen LogP) is 2.41. The molecule has 16 heavy (non-hydrogen) atoms. The highest BCUT2D eigenvalue weighted by molar-refractivity contribution is 5.75. The van der Waals surface area contributed by atoms with Gasteiger partial charge in [0.2, 0.25) is 0 Å². The third kappa shape index (κ3) is 2.42. The van der Waals surface area contributed by atoms with E-state index in [1.807, 2.05) is 0 Å². The zero-order valence-corrected chi connectivity index (χ0v) is 9.79. The summed E-state index contributed by atoms with van der Waals surface area (Å²) in [6, 6.07) is 6.43. The van der Waals surface area contributed by atoms with Gasteiger partial charge in [0.25, 0.3) is 0 Å². The lowest BCUT2D eigenvalue weighted by Crippen LogP contribution is -1.99. The Kier molecular flexibility index (Phi) is 3.57. The monoisotopic (exact) mass is 217 g/mol. The van der Waals surface area contributed by atoms with Crippen molar-refractivity contribution in [2.45, 2.75) is 32.6 Å². The number of aryl methyl sites for hydroxylation is 2. The molecule has 3 heteroatoms. The number of H-pyrrole nitrogens is 1. The molecule has 0 aliphatic rings. The van der Waals surface area contributed by atoms with Crippen molar-refractivity contribution in [2.24, 2.45) is 5.73 Å². The molecule has 0 amide bonds. The van der Waals surface area contributed by atoms with Crippen LogP contribution in [-0.2, 0) is 12.8 Å². The molecule has 0 spiro atoms. The summed E-state index contributed by atoms with van der Waals surface area (Å²) in [4.78, 5) is 7.94. The number of nitrogens with one attached hydrogen (secondary N) is 1. The molecule has 1 heterocycles. The summed E-state index contributed by atoms with van der Waals surface area (Å²) >= 11 is 0. The van der Waals surface area contributed by atoms with Gasteiger partial charge >= 0.3 is 0 Å². The Morgan fingerprint density at radius 3 is 2.94 bits per heavy atom. The van der Waals surface area contributed by atoms with Gasteiger partial charge < -0.3 is 10.7 Å². The summed E-state index contributed by atoms with van der Waals surface area (Å²) in [6.07, 6.45) is 4.24. The van der Waals surface area contributed by atoms with Crippen LogP contribution in [0, 0.1) is 0 Å². The van der Waals surface area contributed by atoms with Crippen LogP contribution in [0.2, 0.25) is 0 Å². The molecule has 1 aromatic carbocycles. The van der Waals surface area contributed by atoms with Crippen molar-refractivity contribution in [3.8, 4) is 0 Å². The molecule has 2 rings (SSSR count). The number of hydrogen-bond acceptors (Lipinski definition) is 2. The maximum absolute atomic E-state index is 5.48. The Bertz CT molecular complexity index is 459. The largest absolute Gasteiger partial charge is 0.342 e. The quantitative estimate of drug-likeness (QED) is 0.756. The van der Waals surface area contributed by atoms with Crippen molar-refractivity contribution in [2.75, 3.05) is 6.54 Å². The number of nitrogens with two attached hydrogens (primary N) is 1. The van der Waals surface area contributed by atoms with Crippen LogP contribution in [0.15, 0.2) is 18.2 Å². The van der Waals surface area contributed by atoms with Gasteiger partial charge in [-0.15, -0.1) is 0 Å². The zero-order valence-electron chi connectivity index (χ0n) is 9.79. The average molecular weight is 217 g/mol. The van der Waals surface area contributed by atoms with Crippen molar-refractivity contribution < 1.29 is 0 Å². The van der Waals surface area contributed by atoms with E-state index in [2.05, 4.69) is 35.1 Å². The first kappa shape index (κ1) is 11.1. The fourth-order valence-corrected chi connectivity index (χ4v) is 1.88. The van der Waals surface area contributed by atoms with Crippen LogP contribution < -0.4 is 5.73 Å². The first-order chi connectivity index (χ1) is 7.83. The van der Waals surface area contributed by atoms with Crippen molar-refractivity contribution in [3.63, 3.8) is 0 Å². The number of unbranched alkanes of at least 4 members (excludes halogenated alkanes) is 1. The van der Waals surface area contributed by atoms with Crippen LogP contribution in [0.3, 0.4) is 0 Å². The third-order valence-corrected chi connectivity index (χ3v) is 2.87. The van der Waals surface area contributed by atoms with Gasteiger partial charge in [-0.1, -0.05) is 13.0 Å². The van der Waals surface area contributed by atoms with Crippen LogP contribution in [0.4, 0.5) is 0 Å². The Morgan fingerprint density at radius 1 is 1.31 bits per heavy atom. The Balaban J connectivity index is 2.16. The van der Waals surface area contributed by atoms with Gasteiger partial charge in [-0.3, -0.25) is 0 Å². The second kappa shape index (κ2) is 5.12. The van der Waals surface area contributed by atoms with Crippen LogP contribution in [0.1, 0.15) is 31.2 Å². The van der Waals surface area contributed by atoms with E-state index >= 15 is 0 Å². The van der Waals surface area contributed by atoms with Crippen molar-refractivity contribution in [1.82, 2.24) is 9.97 Å². The standard InChI is InChI=1S/C13H19N3/c1-2-10-6-7-11-12(9-10)16-13(15-11)5-3-4-8-14/h6-7,9H,2-5,8,14H2,1H3,(H,15,16). The van der Waals surface area contributed by atoms with E-state index in [0.29, 0.717) is 0 Å². The van der Waals surface area contributed by atoms with Crippen molar-refractivity contribution >= 4 is 11.0 Å². The van der Waals surface area contributed by atoms with Crippen LogP contribution >= 0.6 is 0 Å².